The summed E-state index contributed by atoms with van der Waals surface area (Å²) in [6.07, 6.45) is 3.24. The molecule has 4 aromatic rings. The Morgan fingerprint density at radius 1 is 0.875 bits per heavy atom. The lowest BCUT2D eigenvalue weighted by molar-refractivity contribution is 0.101. The van der Waals surface area contributed by atoms with Gasteiger partial charge in [-0.25, -0.2) is 9.67 Å². The van der Waals surface area contributed by atoms with Crippen LogP contribution < -0.4 is 15.4 Å². The summed E-state index contributed by atoms with van der Waals surface area (Å²) in [4.78, 5) is 29.5. The molecule has 0 aliphatic rings. The van der Waals surface area contributed by atoms with Crippen LogP contribution in [0.4, 0.5) is 11.4 Å². The summed E-state index contributed by atoms with van der Waals surface area (Å²) in [5.41, 5.74) is 2.89. The monoisotopic (exact) mass is 429 g/mol. The van der Waals surface area contributed by atoms with E-state index in [1.807, 2.05) is 18.5 Å². The smallest absolute Gasteiger partial charge is 0.257 e. The molecule has 0 saturated carbocycles. The molecule has 0 fully saturated rings. The molecular weight excluding hydrogens is 406 g/mol. The number of carbonyl (C=O) groups excluding carboxylic acids is 2. The maximum atomic E-state index is 12.6. The second-order valence-electron chi connectivity index (χ2n) is 7.53. The number of benzene rings is 2. The maximum absolute atomic E-state index is 12.6. The van der Waals surface area contributed by atoms with Gasteiger partial charge in [-0.1, -0.05) is 0 Å². The van der Waals surface area contributed by atoms with Crippen LogP contribution in [0.3, 0.4) is 0 Å². The summed E-state index contributed by atoms with van der Waals surface area (Å²) in [5.74, 6) is 0.184. The molecular formula is C24H23N5O3. The number of fused-ring (bicyclic) bond motifs is 1. The SMILES string of the molecule is COc1ccc(NC(=O)c2ccc(NC(=O)c3cnc4c(cnn4C(C)C)c3)cc2)cc1. The molecule has 0 radical (unpaired) electrons. The van der Waals surface area contributed by atoms with Gasteiger partial charge in [-0.05, 0) is 68.4 Å². The lowest BCUT2D eigenvalue weighted by Crippen LogP contribution is -2.14. The Bertz CT molecular complexity index is 1260. The number of hydrogen-bond donors (Lipinski definition) is 2. The third-order valence-corrected chi connectivity index (χ3v) is 4.94. The minimum absolute atomic E-state index is 0.181. The van der Waals surface area contributed by atoms with Gasteiger partial charge in [0.1, 0.15) is 5.75 Å². The highest BCUT2D eigenvalue weighted by molar-refractivity contribution is 6.07. The van der Waals surface area contributed by atoms with Crippen molar-refractivity contribution in [2.24, 2.45) is 0 Å². The number of nitrogens with one attached hydrogen (secondary N) is 2. The molecule has 0 spiro atoms. The van der Waals surface area contributed by atoms with E-state index in [1.165, 1.54) is 6.20 Å². The quantitative estimate of drug-likeness (QED) is 0.469. The van der Waals surface area contributed by atoms with E-state index in [2.05, 4.69) is 20.7 Å². The summed E-state index contributed by atoms with van der Waals surface area (Å²) < 4.78 is 6.92. The van der Waals surface area contributed by atoms with Crippen LogP contribution in [0.5, 0.6) is 5.75 Å². The third-order valence-electron chi connectivity index (χ3n) is 4.94. The average molecular weight is 429 g/mol. The van der Waals surface area contributed by atoms with Gasteiger partial charge in [0.2, 0.25) is 0 Å². The van der Waals surface area contributed by atoms with Crippen molar-refractivity contribution in [3.05, 3.63) is 78.1 Å². The van der Waals surface area contributed by atoms with Crippen molar-refractivity contribution in [3.63, 3.8) is 0 Å². The summed E-state index contributed by atoms with van der Waals surface area (Å²) in [6.45, 7) is 4.05. The number of methoxy groups -OCH3 is 1. The van der Waals surface area contributed by atoms with E-state index in [4.69, 9.17) is 4.74 Å². The van der Waals surface area contributed by atoms with Gasteiger partial charge >= 0.3 is 0 Å². The van der Waals surface area contributed by atoms with Crippen LogP contribution in [0, 0.1) is 0 Å². The van der Waals surface area contributed by atoms with Gasteiger partial charge in [-0.3, -0.25) is 9.59 Å². The zero-order chi connectivity index (χ0) is 22.7. The van der Waals surface area contributed by atoms with E-state index >= 15 is 0 Å². The van der Waals surface area contributed by atoms with Crippen molar-refractivity contribution < 1.29 is 14.3 Å². The zero-order valence-electron chi connectivity index (χ0n) is 18.0. The fourth-order valence-electron chi connectivity index (χ4n) is 3.23. The summed E-state index contributed by atoms with van der Waals surface area (Å²) in [5, 5.41) is 10.8. The largest absolute Gasteiger partial charge is 0.497 e. The molecule has 2 N–H and O–H groups in total. The van der Waals surface area contributed by atoms with E-state index in [-0.39, 0.29) is 17.9 Å². The normalized spacial score (nSPS) is 10.9. The first-order valence-electron chi connectivity index (χ1n) is 10.1. The molecule has 0 aliphatic heterocycles. The van der Waals surface area contributed by atoms with Crippen molar-refractivity contribution in [1.82, 2.24) is 14.8 Å². The Hall–Kier alpha value is -4.20. The number of aromatic nitrogens is 3. The highest BCUT2D eigenvalue weighted by Gasteiger charge is 2.13. The van der Waals surface area contributed by atoms with Crippen LogP contribution in [0.2, 0.25) is 0 Å². The Labute approximate surface area is 185 Å². The Balaban J connectivity index is 1.42. The highest BCUT2D eigenvalue weighted by Crippen LogP contribution is 2.19. The third kappa shape index (κ3) is 4.44. The first-order valence-corrected chi connectivity index (χ1v) is 10.1. The number of pyridine rings is 1. The zero-order valence-corrected chi connectivity index (χ0v) is 18.0. The average Bonchev–Trinajstić information content (AvgIpc) is 3.23. The van der Waals surface area contributed by atoms with Gasteiger partial charge in [-0.2, -0.15) is 5.10 Å². The fraction of sp³-hybridized carbons (Fsp3) is 0.167. The van der Waals surface area contributed by atoms with Gasteiger partial charge in [0.15, 0.2) is 5.65 Å². The van der Waals surface area contributed by atoms with Crippen LogP contribution >= 0.6 is 0 Å². The number of hydrogen-bond acceptors (Lipinski definition) is 5. The number of anilines is 2. The van der Waals surface area contributed by atoms with Crippen LogP contribution in [0.25, 0.3) is 11.0 Å². The summed E-state index contributed by atoms with van der Waals surface area (Å²) in [6, 6.07) is 15.7. The molecule has 0 unspecified atom stereocenters. The first kappa shape index (κ1) is 21.0. The number of nitrogens with zero attached hydrogens (tertiary/aromatic N) is 3. The molecule has 8 heteroatoms. The van der Waals surface area contributed by atoms with Gasteiger partial charge in [0.05, 0.1) is 18.9 Å². The van der Waals surface area contributed by atoms with Crippen LogP contribution in [-0.4, -0.2) is 33.7 Å². The van der Waals surface area contributed by atoms with E-state index < -0.39 is 0 Å². The molecule has 0 aliphatic carbocycles. The molecule has 32 heavy (non-hydrogen) atoms. The minimum Gasteiger partial charge on any atom is -0.497 e. The highest BCUT2D eigenvalue weighted by atomic mass is 16.5. The maximum Gasteiger partial charge on any atom is 0.257 e. The molecule has 2 aromatic heterocycles. The van der Waals surface area contributed by atoms with Crippen LogP contribution in [0.1, 0.15) is 40.6 Å². The van der Waals surface area contributed by atoms with E-state index in [0.29, 0.717) is 28.3 Å². The molecule has 162 valence electrons. The topological polar surface area (TPSA) is 98.1 Å². The summed E-state index contributed by atoms with van der Waals surface area (Å²) >= 11 is 0. The van der Waals surface area contributed by atoms with Gasteiger partial charge in [-0.15, -0.1) is 0 Å². The van der Waals surface area contributed by atoms with Crippen LogP contribution in [-0.2, 0) is 0 Å². The predicted octanol–water partition coefficient (Wildman–Crippen LogP) is 4.53. The van der Waals surface area contributed by atoms with Crippen molar-refractivity contribution in [2.75, 3.05) is 17.7 Å². The standard InChI is InChI=1S/C24H23N5O3/c1-15(2)29-22-17(14-26-29)12-18(13-25-22)24(31)28-19-6-4-16(5-7-19)23(30)27-20-8-10-21(32-3)11-9-20/h4-15H,1-3H3,(H,27,30)(H,28,31). The predicted molar refractivity (Wildman–Crippen MR) is 123 cm³/mol. The van der Waals surface area contributed by atoms with Crippen molar-refractivity contribution in [3.8, 4) is 5.75 Å². The molecule has 4 rings (SSSR count). The van der Waals surface area contributed by atoms with Crippen molar-refractivity contribution in [2.45, 2.75) is 19.9 Å². The minimum atomic E-state index is -0.285. The molecule has 0 atom stereocenters. The number of ether oxygens (including phenoxy) is 1. The van der Waals surface area contributed by atoms with E-state index in [0.717, 1.165) is 11.0 Å². The molecule has 0 bridgehead atoms. The van der Waals surface area contributed by atoms with Crippen molar-refractivity contribution in [1.29, 1.82) is 0 Å². The molecule has 8 nitrogen and oxygen atoms in total. The number of amides is 2. The van der Waals surface area contributed by atoms with Crippen molar-refractivity contribution >= 4 is 34.2 Å². The van der Waals surface area contributed by atoms with Gasteiger partial charge in [0.25, 0.3) is 11.8 Å². The Kier molecular flexibility index (Phi) is 5.85. The van der Waals surface area contributed by atoms with Crippen LogP contribution in [0.15, 0.2) is 67.0 Å². The lowest BCUT2D eigenvalue weighted by atomic mass is 10.1. The summed E-state index contributed by atoms with van der Waals surface area (Å²) in [7, 11) is 1.59. The second kappa shape index (κ2) is 8.89. The Morgan fingerprint density at radius 3 is 2.06 bits per heavy atom. The van der Waals surface area contributed by atoms with E-state index in [9.17, 15) is 9.59 Å². The lowest BCUT2D eigenvalue weighted by Gasteiger charge is -2.09. The fourth-order valence-corrected chi connectivity index (χ4v) is 3.23. The molecule has 2 amide bonds. The Morgan fingerprint density at radius 2 is 1.47 bits per heavy atom. The molecule has 2 aromatic carbocycles. The number of rotatable bonds is 6. The molecule has 2 heterocycles. The first-order chi connectivity index (χ1) is 15.4. The number of carbonyl (C=O) groups is 2. The molecule has 0 saturated heterocycles. The second-order valence-corrected chi connectivity index (χ2v) is 7.53. The van der Waals surface area contributed by atoms with E-state index in [1.54, 1.807) is 67.9 Å². The van der Waals surface area contributed by atoms with Gasteiger partial charge in [0, 0.05) is 34.6 Å². The van der Waals surface area contributed by atoms with Gasteiger partial charge < -0.3 is 15.4 Å².